The van der Waals surface area contributed by atoms with Crippen LogP contribution in [0.25, 0.3) is 0 Å². The molecule has 0 aliphatic rings. The molecule has 1 atom stereocenters. The van der Waals surface area contributed by atoms with Gasteiger partial charge in [-0.25, -0.2) is 0 Å². The first kappa shape index (κ1) is 12.0. The zero-order valence-corrected chi connectivity index (χ0v) is 9.49. The summed E-state index contributed by atoms with van der Waals surface area (Å²) in [6.45, 7) is 4.26. The van der Waals surface area contributed by atoms with Gasteiger partial charge >= 0.3 is 0 Å². The Morgan fingerprint density at radius 1 is 1.33 bits per heavy atom. The molecule has 84 valence electrons. The van der Waals surface area contributed by atoms with Crippen molar-refractivity contribution in [1.82, 2.24) is 5.32 Å². The van der Waals surface area contributed by atoms with Crippen molar-refractivity contribution in [3.8, 4) is 5.75 Å². The summed E-state index contributed by atoms with van der Waals surface area (Å²) >= 11 is 0. The topological polar surface area (TPSA) is 47.3 Å². The summed E-state index contributed by atoms with van der Waals surface area (Å²) in [5, 5.41) is 3.15. The number of likely N-dealkylation sites (N-methyl/N-ethyl adjacent to an activating group) is 1. The van der Waals surface area contributed by atoms with Gasteiger partial charge in [0.2, 0.25) is 0 Å². The van der Waals surface area contributed by atoms with E-state index in [0.29, 0.717) is 19.1 Å². The molecule has 0 radical (unpaired) electrons. The standard InChI is InChI=1S/C12H20N2O/c1-3-15-12-6-4-10(5-7-12)11(8-13)9-14-2/h4-7,11,14H,3,8-9,13H2,1-2H3. The van der Waals surface area contributed by atoms with E-state index in [1.165, 1.54) is 5.56 Å². The van der Waals surface area contributed by atoms with Crippen molar-refractivity contribution in [3.05, 3.63) is 29.8 Å². The summed E-state index contributed by atoms with van der Waals surface area (Å²) in [4.78, 5) is 0. The molecule has 3 nitrogen and oxygen atoms in total. The van der Waals surface area contributed by atoms with Crippen LogP contribution in [0.15, 0.2) is 24.3 Å². The van der Waals surface area contributed by atoms with Gasteiger partial charge in [0.15, 0.2) is 0 Å². The number of ether oxygens (including phenoxy) is 1. The molecular formula is C12H20N2O. The molecule has 0 aliphatic heterocycles. The Labute approximate surface area is 91.6 Å². The zero-order valence-electron chi connectivity index (χ0n) is 9.49. The van der Waals surface area contributed by atoms with E-state index in [4.69, 9.17) is 10.5 Å². The normalized spacial score (nSPS) is 12.5. The van der Waals surface area contributed by atoms with Gasteiger partial charge in [-0.3, -0.25) is 0 Å². The molecule has 0 spiro atoms. The molecule has 0 aromatic heterocycles. The zero-order chi connectivity index (χ0) is 11.1. The maximum Gasteiger partial charge on any atom is 0.119 e. The lowest BCUT2D eigenvalue weighted by Gasteiger charge is -2.15. The number of nitrogens with two attached hydrogens (primary N) is 1. The summed E-state index contributed by atoms with van der Waals surface area (Å²) < 4.78 is 5.39. The van der Waals surface area contributed by atoms with Crippen LogP contribution in [0.5, 0.6) is 5.75 Å². The van der Waals surface area contributed by atoms with Crippen molar-refractivity contribution in [1.29, 1.82) is 0 Å². The Balaban J connectivity index is 2.68. The summed E-state index contributed by atoms with van der Waals surface area (Å²) in [7, 11) is 1.94. The predicted octanol–water partition coefficient (Wildman–Crippen LogP) is 1.35. The van der Waals surface area contributed by atoms with Gasteiger partial charge in [-0.05, 0) is 31.7 Å². The molecule has 3 heteroatoms. The highest BCUT2D eigenvalue weighted by Crippen LogP contribution is 2.18. The number of rotatable bonds is 6. The first-order chi connectivity index (χ1) is 7.31. The van der Waals surface area contributed by atoms with E-state index >= 15 is 0 Å². The van der Waals surface area contributed by atoms with Crippen LogP contribution in [0.2, 0.25) is 0 Å². The average molecular weight is 208 g/mol. The van der Waals surface area contributed by atoms with Gasteiger partial charge in [-0.2, -0.15) is 0 Å². The smallest absolute Gasteiger partial charge is 0.119 e. The van der Waals surface area contributed by atoms with Gasteiger partial charge in [0, 0.05) is 19.0 Å². The predicted molar refractivity (Wildman–Crippen MR) is 63.3 cm³/mol. The first-order valence-electron chi connectivity index (χ1n) is 5.39. The van der Waals surface area contributed by atoms with Crippen molar-refractivity contribution < 1.29 is 4.74 Å². The van der Waals surface area contributed by atoms with Crippen LogP contribution >= 0.6 is 0 Å². The van der Waals surface area contributed by atoms with E-state index in [2.05, 4.69) is 17.4 Å². The van der Waals surface area contributed by atoms with Crippen LogP contribution < -0.4 is 15.8 Å². The fourth-order valence-electron chi connectivity index (χ4n) is 1.59. The second-order valence-electron chi connectivity index (χ2n) is 3.49. The highest BCUT2D eigenvalue weighted by atomic mass is 16.5. The molecule has 0 saturated carbocycles. The minimum absolute atomic E-state index is 0.380. The van der Waals surface area contributed by atoms with E-state index in [1.54, 1.807) is 0 Å². The monoisotopic (exact) mass is 208 g/mol. The molecule has 0 bridgehead atoms. The van der Waals surface area contributed by atoms with Crippen molar-refractivity contribution in [3.63, 3.8) is 0 Å². The fraction of sp³-hybridized carbons (Fsp3) is 0.500. The number of benzene rings is 1. The van der Waals surface area contributed by atoms with E-state index in [-0.39, 0.29) is 0 Å². The molecule has 1 unspecified atom stereocenters. The van der Waals surface area contributed by atoms with Gasteiger partial charge in [0.25, 0.3) is 0 Å². The number of nitrogens with one attached hydrogen (secondary N) is 1. The summed E-state index contributed by atoms with van der Waals surface area (Å²) in [5.74, 6) is 1.30. The highest BCUT2D eigenvalue weighted by Gasteiger charge is 2.07. The molecule has 0 saturated heterocycles. The fourth-order valence-corrected chi connectivity index (χ4v) is 1.59. The van der Waals surface area contributed by atoms with Gasteiger partial charge in [-0.1, -0.05) is 12.1 Å². The lowest BCUT2D eigenvalue weighted by Crippen LogP contribution is -2.23. The number of hydrogen-bond donors (Lipinski definition) is 2. The van der Waals surface area contributed by atoms with Crippen molar-refractivity contribution in [2.75, 3.05) is 26.7 Å². The van der Waals surface area contributed by atoms with Gasteiger partial charge in [0.1, 0.15) is 5.75 Å². The van der Waals surface area contributed by atoms with E-state index < -0.39 is 0 Å². The van der Waals surface area contributed by atoms with Crippen molar-refractivity contribution in [2.24, 2.45) is 5.73 Å². The lowest BCUT2D eigenvalue weighted by molar-refractivity contribution is 0.340. The Morgan fingerprint density at radius 2 is 2.00 bits per heavy atom. The Bertz CT molecular complexity index is 271. The molecule has 1 aromatic rings. The van der Waals surface area contributed by atoms with Crippen molar-refractivity contribution in [2.45, 2.75) is 12.8 Å². The molecule has 0 amide bonds. The molecule has 0 aliphatic carbocycles. The Morgan fingerprint density at radius 3 is 2.47 bits per heavy atom. The second kappa shape index (κ2) is 6.43. The minimum Gasteiger partial charge on any atom is -0.494 e. The van der Waals surface area contributed by atoms with Crippen molar-refractivity contribution >= 4 is 0 Å². The summed E-state index contributed by atoms with van der Waals surface area (Å²) in [6.07, 6.45) is 0. The maximum atomic E-state index is 5.72. The molecule has 1 aromatic carbocycles. The second-order valence-corrected chi connectivity index (χ2v) is 3.49. The highest BCUT2D eigenvalue weighted by molar-refractivity contribution is 5.29. The molecule has 1 rings (SSSR count). The molecule has 0 heterocycles. The quantitative estimate of drug-likeness (QED) is 0.742. The Kier molecular flexibility index (Phi) is 5.15. The molecule has 3 N–H and O–H groups in total. The minimum atomic E-state index is 0.380. The molecule has 15 heavy (non-hydrogen) atoms. The Hall–Kier alpha value is -1.06. The largest absolute Gasteiger partial charge is 0.494 e. The average Bonchev–Trinajstić information content (AvgIpc) is 2.28. The summed E-state index contributed by atoms with van der Waals surface area (Å²) in [6, 6.07) is 8.16. The first-order valence-corrected chi connectivity index (χ1v) is 5.39. The van der Waals surface area contributed by atoms with Gasteiger partial charge in [-0.15, -0.1) is 0 Å². The van der Waals surface area contributed by atoms with Crippen LogP contribution in [-0.4, -0.2) is 26.7 Å². The van der Waals surface area contributed by atoms with Crippen LogP contribution in [0.3, 0.4) is 0 Å². The number of hydrogen-bond acceptors (Lipinski definition) is 3. The van der Waals surface area contributed by atoms with Crippen LogP contribution in [-0.2, 0) is 0 Å². The van der Waals surface area contributed by atoms with E-state index in [1.807, 2.05) is 26.1 Å². The van der Waals surface area contributed by atoms with Crippen LogP contribution in [0.4, 0.5) is 0 Å². The molecular weight excluding hydrogens is 188 g/mol. The maximum absolute atomic E-state index is 5.72. The van der Waals surface area contributed by atoms with Gasteiger partial charge < -0.3 is 15.8 Å². The SMILES string of the molecule is CCOc1ccc(C(CN)CNC)cc1. The van der Waals surface area contributed by atoms with Crippen LogP contribution in [0.1, 0.15) is 18.4 Å². The third-order valence-electron chi connectivity index (χ3n) is 2.40. The van der Waals surface area contributed by atoms with E-state index in [0.717, 1.165) is 12.3 Å². The third-order valence-corrected chi connectivity index (χ3v) is 2.40. The molecule has 0 fully saturated rings. The lowest BCUT2D eigenvalue weighted by atomic mass is 9.99. The summed E-state index contributed by atoms with van der Waals surface area (Å²) in [5.41, 5.74) is 6.98. The van der Waals surface area contributed by atoms with E-state index in [9.17, 15) is 0 Å². The third kappa shape index (κ3) is 3.53. The van der Waals surface area contributed by atoms with Gasteiger partial charge in [0.05, 0.1) is 6.61 Å². The van der Waals surface area contributed by atoms with Crippen LogP contribution in [0, 0.1) is 0 Å².